The maximum atomic E-state index is 11.9. The summed E-state index contributed by atoms with van der Waals surface area (Å²) >= 11 is 0. The lowest BCUT2D eigenvalue weighted by Crippen LogP contribution is -2.42. The second-order valence-corrected chi connectivity index (χ2v) is 5.30. The smallest absolute Gasteiger partial charge is 0.312 e. The van der Waals surface area contributed by atoms with E-state index in [0.29, 0.717) is 6.42 Å². The van der Waals surface area contributed by atoms with Crippen LogP contribution >= 0.6 is 0 Å². The van der Waals surface area contributed by atoms with Gasteiger partial charge in [0.25, 0.3) is 12.0 Å². The summed E-state index contributed by atoms with van der Waals surface area (Å²) in [4.78, 5) is 31.6. The van der Waals surface area contributed by atoms with Crippen molar-refractivity contribution in [2.24, 2.45) is 5.92 Å². The molecule has 0 aliphatic carbocycles. The van der Waals surface area contributed by atoms with Crippen molar-refractivity contribution in [2.45, 2.75) is 26.7 Å². The quantitative estimate of drug-likeness (QED) is 0.294. The van der Waals surface area contributed by atoms with E-state index in [2.05, 4.69) is 15.3 Å². The molecule has 1 atom stereocenters. The molecule has 0 saturated heterocycles. The van der Waals surface area contributed by atoms with Crippen LogP contribution < -0.4 is 21.5 Å². The average Bonchev–Trinajstić information content (AvgIpc) is 2.90. The second kappa shape index (κ2) is 7.29. The van der Waals surface area contributed by atoms with Gasteiger partial charge in [-0.25, -0.2) is 0 Å². The molecule has 0 fully saturated rings. The molecule has 1 aromatic rings. The minimum atomic E-state index is -1.07. The normalized spacial score (nSPS) is 14.5. The number of ether oxygens (including phenoxy) is 2. The molecule has 0 aromatic carbocycles. The van der Waals surface area contributed by atoms with Gasteiger partial charge in [0.15, 0.2) is 5.82 Å². The molecule has 2 rings (SSSR count). The van der Waals surface area contributed by atoms with Crippen molar-refractivity contribution in [1.29, 1.82) is 0 Å². The summed E-state index contributed by atoms with van der Waals surface area (Å²) in [5.74, 6) is -0.597. The lowest BCUT2D eigenvalue weighted by atomic mass is 10.2. The van der Waals surface area contributed by atoms with Crippen LogP contribution in [0.15, 0.2) is 4.79 Å². The largest absolute Gasteiger partial charge is 0.416 e. The summed E-state index contributed by atoms with van der Waals surface area (Å²) in [6, 6.07) is 0. The third kappa shape index (κ3) is 3.90. The van der Waals surface area contributed by atoms with Crippen molar-refractivity contribution in [3.63, 3.8) is 0 Å². The zero-order valence-corrected chi connectivity index (χ0v) is 13.0. The number of esters is 1. The summed E-state index contributed by atoms with van der Waals surface area (Å²) in [6.07, 6.45) is -0.687. The molecule has 128 valence electrons. The molecular formula is C13H21N5O5. The van der Waals surface area contributed by atoms with E-state index >= 15 is 0 Å². The van der Waals surface area contributed by atoms with Crippen LogP contribution in [0.3, 0.4) is 0 Å². The molecule has 1 aliphatic rings. The van der Waals surface area contributed by atoms with Crippen LogP contribution in [0.1, 0.15) is 20.3 Å². The number of carbonyl (C=O) groups excluding carboxylic acids is 1. The zero-order chi connectivity index (χ0) is 17.0. The molecular weight excluding hydrogens is 306 g/mol. The lowest BCUT2D eigenvalue weighted by molar-refractivity contribution is -0.182. The van der Waals surface area contributed by atoms with E-state index in [0.717, 1.165) is 0 Å². The number of aliphatic hydroxyl groups excluding tert-OH is 1. The summed E-state index contributed by atoms with van der Waals surface area (Å²) in [5.41, 5.74) is 5.38. The van der Waals surface area contributed by atoms with E-state index < -0.39 is 17.9 Å². The van der Waals surface area contributed by atoms with Gasteiger partial charge in [-0.3, -0.25) is 19.5 Å². The number of nitrogen functional groups attached to an aromatic ring is 1. The molecule has 0 spiro atoms. The topological polar surface area (TPSA) is 143 Å². The molecule has 0 amide bonds. The van der Waals surface area contributed by atoms with E-state index in [1.807, 2.05) is 0 Å². The minimum absolute atomic E-state index is 0.0493. The Hall–Kier alpha value is -2.33. The van der Waals surface area contributed by atoms with Crippen molar-refractivity contribution in [3.05, 3.63) is 10.4 Å². The molecule has 1 unspecified atom stereocenters. The highest BCUT2D eigenvalue weighted by atomic mass is 16.7. The molecule has 1 aliphatic heterocycles. The molecule has 1 aromatic heterocycles. The highest BCUT2D eigenvalue weighted by molar-refractivity contribution is 5.73. The number of aliphatic hydroxyl groups is 1. The number of rotatable bonds is 7. The van der Waals surface area contributed by atoms with Gasteiger partial charge in [0.05, 0.1) is 19.2 Å². The van der Waals surface area contributed by atoms with Gasteiger partial charge in [0.1, 0.15) is 5.69 Å². The van der Waals surface area contributed by atoms with Crippen LogP contribution in [0.25, 0.3) is 0 Å². The predicted molar refractivity (Wildman–Crippen MR) is 82.6 cm³/mol. The monoisotopic (exact) mass is 327 g/mol. The number of hydrogen-bond acceptors (Lipinski definition) is 9. The lowest BCUT2D eigenvalue weighted by Gasteiger charge is -2.28. The second-order valence-electron chi connectivity index (χ2n) is 5.30. The third-order valence-corrected chi connectivity index (χ3v) is 3.12. The molecule has 5 N–H and O–H groups in total. The van der Waals surface area contributed by atoms with E-state index in [9.17, 15) is 9.59 Å². The Kier molecular flexibility index (Phi) is 5.40. The van der Waals surface area contributed by atoms with Crippen molar-refractivity contribution >= 4 is 23.4 Å². The van der Waals surface area contributed by atoms with Crippen LogP contribution in [0.4, 0.5) is 17.5 Å². The van der Waals surface area contributed by atoms with Gasteiger partial charge in [-0.1, -0.05) is 13.8 Å². The van der Waals surface area contributed by atoms with Gasteiger partial charge in [-0.05, 0) is 6.42 Å². The van der Waals surface area contributed by atoms with Crippen LogP contribution in [-0.4, -0.2) is 47.3 Å². The number of nitrogens with one attached hydrogen (secondary N) is 2. The maximum absolute atomic E-state index is 11.9. The Balaban J connectivity index is 2.23. The fraction of sp³-hybridized carbons (Fsp3) is 0.615. The van der Waals surface area contributed by atoms with Crippen LogP contribution in [0.2, 0.25) is 0 Å². The predicted octanol–water partition coefficient (Wildman–Crippen LogP) is -0.577. The SMILES string of the molecule is CC(C)C(=O)OC(OCCCO)N1CNc2c1nc(N)[nH]c2=O. The van der Waals surface area contributed by atoms with E-state index in [-0.39, 0.29) is 43.3 Å². The fourth-order valence-electron chi connectivity index (χ4n) is 1.93. The molecule has 0 saturated carbocycles. The number of aromatic nitrogens is 2. The first-order valence-corrected chi connectivity index (χ1v) is 7.27. The van der Waals surface area contributed by atoms with E-state index in [1.54, 1.807) is 13.8 Å². The van der Waals surface area contributed by atoms with Crippen LogP contribution in [0.5, 0.6) is 0 Å². The summed E-state index contributed by atoms with van der Waals surface area (Å²) in [5, 5.41) is 11.7. The number of hydrogen-bond donors (Lipinski definition) is 4. The summed E-state index contributed by atoms with van der Waals surface area (Å²) in [7, 11) is 0. The van der Waals surface area contributed by atoms with Crippen molar-refractivity contribution in [1.82, 2.24) is 9.97 Å². The fourth-order valence-corrected chi connectivity index (χ4v) is 1.93. The standard InChI is InChI=1S/C13H21N5O5/c1-7(2)11(21)23-13(22-5-3-4-19)18-6-15-8-9(18)16-12(14)17-10(8)20/h7,13,15,19H,3-6H2,1-2H3,(H3,14,16,17,20). The number of carbonyl (C=O) groups is 1. The van der Waals surface area contributed by atoms with Gasteiger partial charge in [0.2, 0.25) is 5.95 Å². The van der Waals surface area contributed by atoms with Gasteiger partial charge < -0.3 is 25.6 Å². The Morgan fingerprint density at radius 1 is 1.52 bits per heavy atom. The molecule has 0 radical (unpaired) electrons. The highest BCUT2D eigenvalue weighted by Gasteiger charge is 2.33. The van der Waals surface area contributed by atoms with Crippen LogP contribution in [0, 0.1) is 5.92 Å². The zero-order valence-electron chi connectivity index (χ0n) is 13.0. The van der Waals surface area contributed by atoms with Gasteiger partial charge in [0, 0.05) is 6.61 Å². The van der Waals surface area contributed by atoms with Gasteiger partial charge in [-0.2, -0.15) is 4.98 Å². The first-order valence-electron chi connectivity index (χ1n) is 7.27. The molecule has 10 nitrogen and oxygen atoms in total. The van der Waals surface area contributed by atoms with E-state index in [4.69, 9.17) is 20.3 Å². The van der Waals surface area contributed by atoms with Crippen molar-refractivity contribution in [2.75, 3.05) is 35.8 Å². The van der Waals surface area contributed by atoms with Crippen molar-refractivity contribution < 1.29 is 19.4 Å². The Labute approximate surface area is 132 Å². The summed E-state index contributed by atoms with van der Waals surface area (Å²) < 4.78 is 10.8. The number of nitrogens with two attached hydrogens (primary N) is 1. The number of fused-ring (bicyclic) bond motifs is 1. The summed E-state index contributed by atoms with van der Waals surface area (Å²) in [6.45, 7) is 3.69. The first kappa shape index (κ1) is 17.0. The Morgan fingerprint density at radius 2 is 2.26 bits per heavy atom. The van der Waals surface area contributed by atoms with E-state index in [1.165, 1.54) is 4.90 Å². The molecule has 0 bridgehead atoms. The number of anilines is 3. The molecule has 10 heteroatoms. The Bertz CT molecular complexity index is 617. The molecule has 23 heavy (non-hydrogen) atoms. The highest BCUT2D eigenvalue weighted by Crippen LogP contribution is 2.28. The number of nitrogens with zero attached hydrogens (tertiary/aromatic N) is 2. The average molecular weight is 327 g/mol. The van der Waals surface area contributed by atoms with Crippen LogP contribution in [-0.2, 0) is 14.3 Å². The number of H-pyrrole nitrogens is 1. The number of aromatic amines is 1. The minimum Gasteiger partial charge on any atom is -0.416 e. The van der Waals surface area contributed by atoms with Gasteiger partial charge in [-0.15, -0.1) is 0 Å². The first-order chi connectivity index (χ1) is 10.9. The van der Waals surface area contributed by atoms with Crippen molar-refractivity contribution in [3.8, 4) is 0 Å². The maximum Gasteiger partial charge on any atom is 0.312 e. The Morgan fingerprint density at radius 3 is 2.91 bits per heavy atom. The van der Waals surface area contributed by atoms with Gasteiger partial charge >= 0.3 is 5.97 Å². The third-order valence-electron chi connectivity index (χ3n) is 3.12. The molecule has 2 heterocycles.